The molecule has 0 aliphatic heterocycles. The number of halogens is 1. The van der Waals surface area contributed by atoms with Crippen LogP contribution in [-0.4, -0.2) is 26.9 Å². The zero-order chi connectivity index (χ0) is 15.4. The summed E-state index contributed by atoms with van der Waals surface area (Å²) in [6, 6.07) is 6.53. The molecule has 112 valence electrons. The van der Waals surface area contributed by atoms with Gasteiger partial charge in [0.15, 0.2) is 5.16 Å². The molecule has 0 aliphatic carbocycles. The summed E-state index contributed by atoms with van der Waals surface area (Å²) in [5.41, 5.74) is 6.47. The second-order valence-corrected chi connectivity index (χ2v) is 5.55. The molecule has 0 bridgehead atoms. The van der Waals surface area contributed by atoms with Gasteiger partial charge in [0.05, 0.1) is 0 Å². The Bertz CT molecular complexity index is 645. The van der Waals surface area contributed by atoms with Crippen molar-refractivity contribution < 1.29 is 4.79 Å². The van der Waals surface area contributed by atoms with Crippen molar-refractivity contribution in [1.82, 2.24) is 14.8 Å². The van der Waals surface area contributed by atoms with Crippen LogP contribution in [0.25, 0.3) is 0 Å². The fourth-order valence-electron chi connectivity index (χ4n) is 2.00. The van der Waals surface area contributed by atoms with E-state index in [1.165, 1.54) is 11.8 Å². The van der Waals surface area contributed by atoms with Crippen LogP contribution in [0, 0.1) is 0 Å². The molecule has 0 radical (unpaired) electrons. The van der Waals surface area contributed by atoms with E-state index in [1.807, 2.05) is 13.2 Å². The number of carbonyl (C=O) groups is 1. The van der Waals surface area contributed by atoms with Gasteiger partial charge in [-0.15, -0.1) is 10.2 Å². The number of amides is 1. The molecule has 6 nitrogen and oxygen atoms in total. The summed E-state index contributed by atoms with van der Waals surface area (Å²) in [6.45, 7) is 1.91. The molecule has 0 saturated carbocycles. The number of carbonyl (C=O) groups excluding carboxylic acids is 1. The molecule has 3 N–H and O–H groups in total. The van der Waals surface area contributed by atoms with E-state index in [-0.39, 0.29) is 11.9 Å². The lowest BCUT2D eigenvalue weighted by Crippen LogP contribution is -2.27. The van der Waals surface area contributed by atoms with E-state index in [9.17, 15) is 4.79 Å². The first-order valence-electron chi connectivity index (χ1n) is 6.37. The van der Waals surface area contributed by atoms with E-state index >= 15 is 0 Å². The zero-order valence-electron chi connectivity index (χ0n) is 11.7. The van der Waals surface area contributed by atoms with Gasteiger partial charge in [-0.3, -0.25) is 9.36 Å². The third-order valence-corrected chi connectivity index (χ3v) is 3.85. The number of benzene rings is 1. The summed E-state index contributed by atoms with van der Waals surface area (Å²) in [5.74, 6) is 0.0500. The Hall–Kier alpha value is -1.73. The topological polar surface area (TPSA) is 85.8 Å². The predicted octanol–water partition coefficient (Wildman–Crippen LogP) is 2.83. The van der Waals surface area contributed by atoms with Crippen LogP contribution in [0.3, 0.4) is 0 Å². The Morgan fingerprint density at radius 1 is 1.52 bits per heavy atom. The summed E-state index contributed by atoms with van der Waals surface area (Å²) in [5, 5.41) is 11.8. The van der Waals surface area contributed by atoms with E-state index in [4.69, 9.17) is 17.3 Å². The van der Waals surface area contributed by atoms with Gasteiger partial charge in [-0.25, -0.2) is 0 Å². The molecule has 1 amide bonds. The van der Waals surface area contributed by atoms with Crippen molar-refractivity contribution in [1.29, 1.82) is 0 Å². The van der Waals surface area contributed by atoms with Crippen LogP contribution in [-0.2, 0) is 4.79 Å². The standard InChI is InChI=1S/C13H16ClN5OS/c1-3-10(19-12(15)17-18-13(19)21-2)11(20)16-9-6-4-5-8(14)7-9/h4-7,10H,3H2,1-2H3,(H2,15,17)(H,16,20)/t10-/m1/s1. The van der Waals surface area contributed by atoms with Crippen molar-refractivity contribution in [3.8, 4) is 0 Å². The van der Waals surface area contributed by atoms with E-state index in [0.717, 1.165) is 0 Å². The Labute approximate surface area is 132 Å². The van der Waals surface area contributed by atoms with Crippen LogP contribution in [0.5, 0.6) is 0 Å². The van der Waals surface area contributed by atoms with Crippen LogP contribution in [0.15, 0.2) is 29.4 Å². The third kappa shape index (κ3) is 3.48. The number of hydrogen-bond donors (Lipinski definition) is 2. The normalized spacial score (nSPS) is 12.1. The summed E-state index contributed by atoms with van der Waals surface area (Å²) < 4.78 is 1.64. The summed E-state index contributed by atoms with van der Waals surface area (Å²) in [4.78, 5) is 12.5. The maximum atomic E-state index is 12.5. The third-order valence-electron chi connectivity index (χ3n) is 2.97. The van der Waals surface area contributed by atoms with Crippen LogP contribution in [0.4, 0.5) is 11.6 Å². The average Bonchev–Trinajstić information content (AvgIpc) is 2.81. The van der Waals surface area contributed by atoms with Crippen molar-refractivity contribution in [2.24, 2.45) is 0 Å². The highest BCUT2D eigenvalue weighted by Crippen LogP contribution is 2.25. The number of anilines is 2. The second-order valence-electron chi connectivity index (χ2n) is 4.34. The van der Waals surface area contributed by atoms with Crippen molar-refractivity contribution in [2.45, 2.75) is 24.5 Å². The first kappa shape index (κ1) is 15.7. The molecule has 1 aromatic carbocycles. The second kappa shape index (κ2) is 6.82. The summed E-state index contributed by atoms with van der Waals surface area (Å²) in [7, 11) is 0. The predicted molar refractivity (Wildman–Crippen MR) is 85.6 cm³/mol. The molecule has 0 saturated heterocycles. The van der Waals surface area contributed by atoms with Gasteiger partial charge in [0.1, 0.15) is 6.04 Å². The summed E-state index contributed by atoms with van der Waals surface area (Å²) >= 11 is 7.31. The zero-order valence-corrected chi connectivity index (χ0v) is 13.3. The minimum absolute atomic E-state index is 0.179. The van der Waals surface area contributed by atoms with Crippen LogP contribution in [0.2, 0.25) is 5.02 Å². The van der Waals surface area contributed by atoms with Crippen molar-refractivity contribution >= 4 is 40.9 Å². The molecular weight excluding hydrogens is 310 g/mol. The van der Waals surface area contributed by atoms with E-state index in [1.54, 1.807) is 28.8 Å². The molecule has 2 aromatic rings. The van der Waals surface area contributed by atoms with Gasteiger partial charge < -0.3 is 11.1 Å². The van der Waals surface area contributed by atoms with Gasteiger partial charge in [-0.2, -0.15) is 0 Å². The smallest absolute Gasteiger partial charge is 0.247 e. The van der Waals surface area contributed by atoms with Crippen molar-refractivity contribution in [2.75, 3.05) is 17.3 Å². The molecule has 0 spiro atoms. The highest BCUT2D eigenvalue weighted by molar-refractivity contribution is 7.98. The maximum Gasteiger partial charge on any atom is 0.247 e. The highest BCUT2D eigenvalue weighted by atomic mass is 35.5. The van der Waals surface area contributed by atoms with Gasteiger partial charge in [0.25, 0.3) is 0 Å². The van der Waals surface area contributed by atoms with E-state index in [0.29, 0.717) is 22.3 Å². The molecular formula is C13H16ClN5OS. The van der Waals surface area contributed by atoms with E-state index < -0.39 is 6.04 Å². The molecule has 0 fully saturated rings. The van der Waals surface area contributed by atoms with Gasteiger partial charge in [0, 0.05) is 10.7 Å². The molecule has 0 aliphatic rings. The SMILES string of the molecule is CC[C@H](C(=O)Nc1cccc(Cl)c1)n1c(N)nnc1SC. The lowest BCUT2D eigenvalue weighted by atomic mass is 10.2. The molecule has 1 heterocycles. The van der Waals surface area contributed by atoms with Crippen LogP contribution < -0.4 is 11.1 Å². The molecule has 2 rings (SSSR count). The van der Waals surface area contributed by atoms with Gasteiger partial charge >= 0.3 is 0 Å². The highest BCUT2D eigenvalue weighted by Gasteiger charge is 2.24. The quantitative estimate of drug-likeness (QED) is 0.825. The van der Waals surface area contributed by atoms with Crippen LogP contribution in [0.1, 0.15) is 19.4 Å². The van der Waals surface area contributed by atoms with Gasteiger partial charge in [-0.1, -0.05) is 36.4 Å². The fourth-order valence-corrected chi connectivity index (χ4v) is 2.73. The number of nitrogen functional groups attached to an aromatic ring is 1. The number of rotatable bonds is 5. The lowest BCUT2D eigenvalue weighted by Gasteiger charge is -2.18. The number of aromatic nitrogens is 3. The first-order valence-corrected chi connectivity index (χ1v) is 7.97. The van der Waals surface area contributed by atoms with Gasteiger partial charge in [-0.05, 0) is 30.9 Å². The van der Waals surface area contributed by atoms with Crippen LogP contribution >= 0.6 is 23.4 Å². The maximum absolute atomic E-state index is 12.5. The number of nitrogens with two attached hydrogens (primary N) is 1. The Morgan fingerprint density at radius 3 is 2.90 bits per heavy atom. The number of hydrogen-bond acceptors (Lipinski definition) is 5. The minimum atomic E-state index is -0.471. The summed E-state index contributed by atoms with van der Waals surface area (Å²) in [6.07, 6.45) is 2.43. The number of nitrogens with one attached hydrogen (secondary N) is 1. The Balaban J connectivity index is 2.24. The first-order chi connectivity index (χ1) is 10.1. The fraction of sp³-hybridized carbons (Fsp3) is 0.308. The molecule has 1 aromatic heterocycles. The molecule has 0 unspecified atom stereocenters. The average molecular weight is 326 g/mol. The molecule has 8 heteroatoms. The molecule has 1 atom stereocenters. The van der Waals surface area contributed by atoms with Gasteiger partial charge in [0.2, 0.25) is 11.9 Å². The van der Waals surface area contributed by atoms with Crippen molar-refractivity contribution in [3.63, 3.8) is 0 Å². The largest absolute Gasteiger partial charge is 0.368 e. The van der Waals surface area contributed by atoms with Crippen molar-refractivity contribution in [3.05, 3.63) is 29.3 Å². The monoisotopic (exact) mass is 325 g/mol. The lowest BCUT2D eigenvalue weighted by molar-refractivity contribution is -0.119. The number of nitrogens with zero attached hydrogens (tertiary/aromatic N) is 3. The minimum Gasteiger partial charge on any atom is -0.368 e. The molecule has 21 heavy (non-hydrogen) atoms. The Kier molecular flexibility index (Phi) is 5.08. The Morgan fingerprint density at radius 2 is 2.29 bits per heavy atom. The van der Waals surface area contributed by atoms with E-state index in [2.05, 4.69) is 15.5 Å². The number of thioether (sulfide) groups is 1.